The van der Waals surface area contributed by atoms with Crippen molar-refractivity contribution in [3.8, 4) is 0 Å². The van der Waals surface area contributed by atoms with Crippen LogP contribution in [0.2, 0.25) is 0 Å². The van der Waals surface area contributed by atoms with E-state index in [1.807, 2.05) is 33.3 Å². The normalized spacial score (nSPS) is 14.1. The standard InChI is InChI=1S/C58H89NO8/c1-6-8-10-12-14-16-18-20-21-22-23-24-25-26-27-28-29-30-31-32-33-34-35-37-39-41-43-45-47-49-56(61)67-54(53-66-58(57(62)63)64-51-50-59(3,4)5)52-65-55(60)48-46-44-42-40-38-36-19-17-15-13-11-9-7-2/h8-11,14-17,20-21,23-24,26-27,29-30,32-33,35-38,42,44,54,58H,6-7,12-13,18-19,22,25,28,31,34,39-41,43,45-53H2,1-5H3/p+1/b10-8-,11-9-,16-14-,17-15-,21-20-,24-23-,27-26-,30-29-,33-32-,37-35-,38-36-,44-42-. The van der Waals surface area contributed by atoms with Crippen LogP contribution in [-0.4, -0.2) is 87.4 Å². The molecule has 0 bridgehead atoms. The maximum absolute atomic E-state index is 12.8. The first-order valence-corrected chi connectivity index (χ1v) is 25.0. The van der Waals surface area contributed by atoms with Gasteiger partial charge in [-0.25, -0.2) is 4.79 Å². The SMILES string of the molecule is CC/C=C\C/C=C\C/C=C\C/C=C\C/C=C\C/C=C\C/C=C\C/C=C\CCCCCCC(=O)OC(COC(=O)CC/C=C\C/C=C\C/C=C\C/C=C\CC)COC(OCC[N+](C)(C)C)C(=O)O. The van der Waals surface area contributed by atoms with Crippen LogP contribution in [0.4, 0.5) is 0 Å². The number of carboxylic acids is 1. The van der Waals surface area contributed by atoms with Gasteiger partial charge in [-0.05, 0) is 103 Å². The van der Waals surface area contributed by atoms with Crippen molar-refractivity contribution in [1.29, 1.82) is 0 Å². The molecule has 0 amide bonds. The number of unbranched alkanes of at least 4 members (excludes halogenated alkanes) is 4. The fraction of sp³-hybridized carbons (Fsp3) is 0.534. The molecular weight excluding hydrogens is 839 g/mol. The molecule has 0 fully saturated rings. The minimum Gasteiger partial charge on any atom is -0.477 e. The number of rotatable bonds is 43. The van der Waals surface area contributed by atoms with E-state index in [2.05, 4.69) is 148 Å². The fourth-order valence-corrected chi connectivity index (χ4v) is 5.80. The summed E-state index contributed by atoms with van der Waals surface area (Å²) in [6.45, 7) is 4.48. The quantitative estimate of drug-likeness (QED) is 0.0212. The van der Waals surface area contributed by atoms with Gasteiger partial charge in [-0.1, -0.05) is 173 Å². The number of ether oxygens (including phenoxy) is 4. The molecule has 0 saturated carbocycles. The van der Waals surface area contributed by atoms with Crippen molar-refractivity contribution >= 4 is 17.9 Å². The fourth-order valence-electron chi connectivity index (χ4n) is 5.80. The topological polar surface area (TPSA) is 108 Å². The van der Waals surface area contributed by atoms with Crippen LogP contribution < -0.4 is 0 Å². The Morgan fingerprint density at radius 2 is 0.836 bits per heavy atom. The van der Waals surface area contributed by atoms with Crippen LogP contribution in [0.5, 0.6) is 0 Å². The third kappa shape index (κ3) is 48.9. The van der Waals surface area contributed by atoms with Gasteiger partial charge >= 0.3 is 17.9 Å². The number of hydrogen-bond acceptors (Lipinski definition) is 7. The van der Waals surface area contributed by atoms with E-state index in [1.165, 1.54) is 0 Å². The number of nitrogens with zero attached hydrogens (tertiary/aromatic N) is 1. The highest BCUT2D eigenvalue weighted by Crippen LogP contribution is 2.10. The molecule has 0 spiro atoms. The molecular formula is C58H90NO8+. The molecule has 0 aromatic carbocycles. The van der Waals surface area contributed by atoms with Crippen molar-refractivity contribution in [3.63, 3.8) is 0 Å². The lowest BCUT2D eigenvalue weighted by Gasteiger charge is -2.25. The molecule has 2 atom stereocenters. The molecule has 0 radical (unpaired) electrons. The average Bonchev–Trinajstić information content (AvgIpc) is 3.29. The van der Waals surface area contributed by atoms with E-state index in [0.29, 0.717) is 23.9 Å². The third-order valence-electron chi connectivity index (χ3n) is 9.60. The zero-order valence-electron chi connectivity index (χ0n) is 42.2. The Bertz CT molecular complexity index is 1600. The smallest absolute Gasteiger partial charge is 0.361 e. The summed E-state index contributed by atoms with van der Waals surface area (Å²) in [6.07, 6.45) is 66.5. The summed E-state index contributed by atoms with van der Waals surface area (Å²) in [5.41, 5.74) is 0. The van der Waals surface area contributed by atoms with Gasteiger partial charge in [0, 0.05) is 12.8 Å². The Morgan fingerprint density at radius 3 is 1.24 bits per heavy atom. The van der Waals surface area contributed by atoms with Gasteiger partial charge in [-0.15, -0.1) is 0 Å². The molecule has 1 N–H and O–H groups in total. The number of aliphatic carboxylic acids is 1. The molecule has 0 heterocycles. The van der Waals surface area contributed by atoms with E-state index in [0.717, 1.165) is 103 Å². The van der Waals surface area contributed by atoms with Gasteiger partial charge in [-0.2, -0.15) is 0 Å². The van der Waals surface area contributed by atoms with Gasteiger partial charge in [0.1, 0.15) is 13.2 Å². The van der Waals surface area contributed by atoms with Crippen molar-refractivity contribution < 1.29 is 42.9 Å². The molecule has 9 heteroatoms. The summed E-state index contributed by atoms with van der Waals surface area (Å²) < 4.78 is 22.6. The van der Waals surface area contributed by atoms with E-state index < -0.39 is 30.3 Å². The third-order valence-corrected chi connectivity index (χ3v) is 9.60. The second-order valence-electron chi connectivity index (χ2n) is 17.0. The Kier molecular flexibility index (Phi) is 44.2. The van der Waals surface area contributed by atoms with Crippen molar-refractivity contribution in [2.75, 3.05) is 47.5 Å². The number of allylic oxidation sites excluding steroid dienone is 24. The monoisotopic (exact) mass is 929 g/mol. The molecule has 9 nitrogen and oxygen atoms in total. The van der Waals surface area contributed by atoms with Crippen LogP contribution in [0, 0.1) is 0 Å². The van der Waals surface area contributed by atoms with Gasteiger partial charge in [0.25, 0.3) is 6.29 Å². The second kappa shape index (κ2) is 47.7. The number of carbonyl (C=O) groups excluding carboxylic acids is 2. The number of esters is 2. The van der Waals surface area contributed by atoms with Gasteiger partial charge in [0.05, 0.1) is 34.4 Å². The first-order valence-electron chi connectivity index (χ1n) is 25.0. The molecule has 0 aliphatic rings. The zero-order chi connectivity index (χ0) is 49.2. The molecule has 0 saturated heterocycles. The Balaban J connectivity index is 4.46. The lowest BCUT2D eigenvalue weighted by atomic mass is 10.1. The highest BCUT2D eigenvalue weighted by atomic mass is 16.7. The highest BCUT2D eigenvalue weighted by Gasteiger charge is 2.25. The molecule has 0 aliphatic carbocycles. The van der Waals surface area contributed by atoms with Crippen LogP contribution in [0.1, 0.15) is 142 Å². The maximum atomic E-state index is 12.8. The molecule has 0 rings (SSSR count). The van der Waals surface area contributed by atoms with E-state index in [9.17, 15) is 19.5 Å². The molecule has 374 valence electrons. The van der Waals surface area contributed by atoms with Crippen LogP contribution >= 0.6 is 0 Å². The lowest BCUT2D eigenvalue weighted by molar-refractivity contribution is -0.870. The molecule has 2 unspecified atom stereocenters. The number of carboxylic acid groups (broad SMARTS) is 1. The molecule has 0 aromatic heterocycles. The predicted octanol–water partition coefficient (Wildman–Crippen LogP) is 14.1. The van der Waals surface area contributed by atoms with E-state index in [4.69, 9.17) is 18.9 Å². The summed E-state index contributed by atoms with van der Waals surface area (Å²) in [5.74, 6) is -2.17. The van der Waals surface area contributed by atoms with Crippen molar-refractivity contribution in [3.05, 3.63) is 146 Å². The first-order chi connectivity index (χ1) is 32.6. The van der Waals surface area contributed by atoms with Crippen molar-refractivity contribution in [1.82, 2.24) is 0 Å². The summed E-state index contributed by atoms with van der Waals surface area (Å²) in [4.78, 5) is 37.2. The van der Waals surface area contributed by atoms with Crippen molar-refractivity contribution in [2.45, 2.75) is 155 Å². The van der Waals surface area contributed by atoms with Gasteiger partial charge in [-0.3, -0.25) is 9.59 Å². The Hall–Kier alpha value is -4.83. The highest BCUT2D eigenvalue weighted by molar-refractivity contribution is 5.71. The average molecular weight is 929 g/mol. The van der Waals surface area contributed by atoms with Crippen LogP contribution in [0.3, 0.4) is 0 Å². The molecule has 0 aromatic rings. The Morgan fingerprint density at radius 1 is 0.448 bits per heavy atom. The summed E-state index contributed by atoms with van der Waals surface area (Å²) >= 11 is 0. The van der Waals surface area contributed by atoms with Gasteiger partial charge in [0.15, 0.2) is 6.10 Å². The largest absolute Gasteiger partial charge is 0.477 e. The summed E-state index contributed by atoms with van der Waals surface area (Å²) in [5, 5.41) is 9.65. The summed E-state index contributed by atoms with van der Waals surface area (Å²) in [7, 11) is 5.91. The number of carbonyl (C=O) groups is 3. The zero-order valence-corrected chi connectivity index (χ0v) is 42.2. The maximum Gasteiger partial charge on any atom is 0.361 e. The number of quaternary nitrogens is 1. The van der Waals surface area contributed by atoms with E-state index >= 15 is 0 Å². The van der Waals surface area contributed by atoms with Crippen molar-refractivity contribution in [2.24, 2.45) is 0 Å². The van der Waals surface area contributed by atoms with Gasteiger partial charge < -0.3 is 28.5 Å². The lowest BCUT2D eigenvalue weighted by Crippen LogP contribution is -2.40. The number of likely N-dealkylation sites (N-methyl/N-ethyl adjacent to an activating group) is 1. The minimum atomic E-state index is -1.54. The predicted molar refractivity (Wildman–Crippen MR) is 280 cm³/mol. The molecule has 0 aliphatic heterocycles. The van der Waals surface area contributed by atoms with Crippen LogP contribution in [-0.2, 0) is 33.3 Å². The first kappa shape index (κ1) is 62.2. The minimum absolute atomic E-state index is 0.162. The Labute approximate surface area is 407 Å². The van der Waals surface area contributed by atoms with Crippen LogP contribution in [0.25, 0.3) is 0 Å². The second-order valence-corrected chi connectivity index (χ2v) is 17.0. The van der Waals surface area contributed by atoms with Gasteiger partial charge in [0.2, 0.25) is 0 Å². The van der Waals surface area contributed by atoms with Crippen LogP contribution in [0.15, 0.2) is 146 Å². The van der Waals surface area contributed by atoms with E-state index in [-0.39, 0.29) is 32.7 Å². The number of hydrogen-bond donors (Lipinski definition) is 1. The molecule has 67 heavy (non-hydrogen) atoms. The summed E-state index contributed by atoms with van der Waals surface area (Å²) in [6, 6.07) is 0. The van der Waals surface area contributed by atoms with E-state index in [1.54, 1.807) is 0 Å².